The summed E-state index contributed by atoms with van der Waals surface area (Å²) in [4.78, 5) is 25.1. The van der Waals surface area contributed by atoms with E-state index < -0.39 is 4.92 Å². The summed E-state index contributed by atoms with van der Waals surface area (Å²) < 4.78 is 10.9. The fourth-order valence-electron chi connectivity index (χ4n) is 2.52. The summed E-state index contributed by atoms with van der Waals surface area (Å²) >= 11 is 6.49. The first-order valence-corrected chi connectivity index (χ1v) is 8.91. The number of benzene rings is 2. The van der Waals surface area contributed by atoms with E-state index in [1.54, 1.807) is 36.4 Å². The van der Waals surface area contributed by atoms with Crippen LogP contribution in [0.4, 0.5) is 11.4 Å². The van der Waals surface area contributed by atoms with E-state index in [-0.39, 0.29) is 11.6 Å². The van der Waals surface area contributed by atoms with Crippen LogP contribution in [0.5, 0.6) is 11.5 Å². The second-order valence-corrected chi connectivity index (χ2v) is 7.08. The highest BCUT2D eigenvalue weighted by molar-refractivity contribution is 8.27. The van der Waals surface area contributed by atoms with Crippen molar-refractivity contribution in [2.24, 2.45) is 0 Å². The molecule has 27 heavy (non-hydrogen) atoms. The van der Waals surface area contributed by atoms with Crippen molar-refractivity contribution in [3.05, 3.63) is 63.0 Å². The molecule has 0 radical (unpaired) electrons. The Hall–Kier alpha value is -2.91. The molecule has 7 nitrogen and oxygen atoms in total. The average molecular weight is 402 g/mol. The lowest BCUT2D eigenvalue weighted by Gasteiger charge is -2.18. The number of hydrogen-bond acceptors (Lipinski definition) is 7. The highest BCUT2D eigenvalue weighted by atomic mass is 32.2. The molecule has 0 bridgehead atoms. The van der Waals surface area contributed by atoms with Crippen molar-refractivity contribution < 1.29 is 19.2 Å². The number of anilines is 1. The molecule has 2 aromatic carbocycles. The number of non-ortho nitro benzene ring substituents is 1. The van der Waals surface area contributed by atoms with Crippen LogP contribution in [0.15, 0.2) is 47.4 Å². The smallest absolute Gasteiger partial charge is 0.270 e. The van der Waals surface area contributed by atoms with Crippen molar-refractivity contribution >= 4 is 51.7 Å². The first-order valence-electron chi connectivity index (χ1n) is 7.69. The minimum atomic E-state index is -0.481. The SMILES string of the molecule is COc1ccc(N2C(=O)C(=Cc3cccc([N+](=O)[O-])c3)SC2=S)c(OC)c1. The summed E-state index contributed by atoms with van der Waals surface area (Å²) in [5.74, 6) is 0.718. The minimum Gasteiger partial charge on any atom is -0.497 e. The Labute approximate surface area is 164 Å². The van der Waals surface area contributed by atoms with Gasteiger partial charge >= 0.3 is 0 Å². The second kappa shape index (κ2) is 7.77. The fraction of sp³-hybridized carbons (Fsp3) is 0.111. The van der Waals surface area contributed by atoms with E-state index in [1.807, 2.05) is 0 Å². The average Bonchev–Trinajstić information content (AvgIpc) is 2.94. The number of methoxy groups -OCH3 is 2. The number of nitro groups is 1. The lowest BCUT2D eigenvalue weighted by atomic mass is 10.2. The molecule has 1 fully saturated rings. The maximum atomic E-state index is 12.9. The summed E-state index contributed by atoms with van der Waals surface area (Å²) in [6.45, 7) is 0. The van der Waals surface area contributed by atoms with Gasteiger partial charge in [-0.3, -0.25) is 19.8 Å². The molecule has 1 heterocycles. The first-order chi connectivity index (χ1) is 12.9. The van der Waals surface area contributed by atoms with Crippen LogP contribution >= 0.6 is 24.0 Å². The molecular formula is C18H14N2O5S2. The van der Waals surface area contributed by atoms with E-state index >= 15 is 0 Å². The molecule has 0 aliphatic carbocycles. The highest BCUT2D eigenvalue weighted by Gasteiger charge is 2.35. The number of rotatable bonds is 5. The van der Waals surface area contributed by atoms with E-state index in [4.69, 9.17) is 21.7 Å². The maximum absolute atomic E-state index is 12.9. The largest absolute Gasteiger partial charge is 0.497 e. The molecule has 3 rings (SSSR count). The van der Waals surface area contributed by atoms with Crippen LogP contribution in [0.3, 0.4) is 0 Å². The van der Waals surface area contributed by atoms with Gasteiger partial charge < -0.3 is 9.47 Å². The molecule has 2 aromatic rings. The Kier molecular flexibility index (Phi) is 5.43. The Morgan fingerprint density at radius 2 is 1.96 bits per heavy atom. The normalized spacial score (nSPS) is 15.3. The third-order valence-electron chi connectivity index (χ3n) is 3.80. The Morgan fingerprint density at radius 3 is 2.63 bits per heavy atom. The molecule has 0 aromatic heterocycles. The number of nitro benzene ring substituents is 1. The predicted octanol–water partition coefficient (Wildman–Crippen LogP) is 4.02. The van der Waals surface area contributed by atoms with Gasteiger partial charge in [-0.05, 0) is 23.8 Å². The highest BCUT2D eigenvalue weighted by Crippen LogP contribution is 2.41. The third kappa shape index (κ3) is 3.79. The molecule has 1 aliphatic heterocycles. The van der Waals surface area contributed by atoms with Crippen molar-refractivity contribution in [3.63, 3.8) is 0 Å². The lowest BCUT2D eigenvalue weighted by molar-refractivity contribution is -0.384. The topological polar surface area (TPSA) is 81.9 Å². The molecular weight excluding hydrogens is 388 g/mol. The van der Waals surface area contributed by atoms with Crippen LogP contribution in [0.1, 0.15) is 5.56 Å². The van der Waals surface area contributed by atoms with Crippen molar-refractivity contribution in [2.75, 3.05) is 19.1 Å². The van der Waals surface area contributed by atoms with Crippen LogP contribution in [-0.4, -0.2) is 29.4 Å². The molecule has 9 heteroatoms. The number of ether oxygens (including phenoxy) is 2. The van der Waals surface area contributed by atoms with Gasteiger partial charge in [-0.25, -0.2) is 0 Å². The zero-order chi connectivity index (χ0) is 19.6. The summed E-state index contributed by atoms with van der Waals surface area (Å²) in [6.07, 6.45) is 1.59. The lowest BCUT2D eigenvalue weighted by Crippen LogP contribution is -2.27. The van der Waals surface area contributed by atoms with Gasteiger partial charge in [-0.2, -0.15) is 0 Å². The van der Waals surface area contributed by atoms with Gasteiger partial charge in [0.05, 0.1) is 29.7 Å². The number of carbonyl (C=O) groups excluding carboxylic acids is 1. The number of thiocarbonyl (C=S) groups is 1. The predicted molar refractivity (Wildman–Crippen MR) is 108 cm³/mol. The van der Waals surface area contributed by atoms with Gasteiger partial charge in [0.1, 0.15) is 11.5 Å². The Balaban J connectivity index is 1.96. The van der Waals surface area contributed by atoms with Crippen LogP contribution in [-0.2, 0) is 4.79 Å². The van der Waals surface area contributed by atoms with Gasteiger partial charge in [0.2, 0.25) is 0 Å². The molecule has 0 atom stereocenters. The number of carbonyl (C=O) groups is 1. The molecule has 0 unspecified atom stereocenters. The Bertz CT molecular complexity index is 974. The molecule has 138 valence electrons. The summed E-state index contributed by atoms with van der Waals surface area (Å²) in [7, 11) is 3.03. The van der Waals surface area contributed by atoms with Crippen LogP contribution in [0.2, 0.25) is 0 Å². The van der Waals surface area contributed by atoms with Gasteiger partial charge in [-0.1, -0.05) is 36.1 Å². The van der Waals surface area contributed by atoms with Gasteiger partial charge in [0.15, 0.2) is 4.32 Å². The van der Waals surface area contributed by atoms with E-state index in [1.165, 1.54) is 31.3 Å². The standard InChI is InChI=1S/C18H14N2O5S2/c1-24-13-6-7-14(15(10-13)25-2)19-17(21)16(27-18(19)26)9-11-4-3-5-12(8-11)20(22)23/h3-10H,1-2H3. The molecule has 1 amide bonds. The number of thioether (sulfide) groups is 1. The summed E-state index contributed by atoms with van der Waals surface area (Å²) in [5.41, 5.74) is 1.01. The molecule has 1 aliphatic rings. The van der Waals surface area contributed by atoms with E-state index in [0.717, 1.165) is 11.8 Å². The zero-order valence-corrected chi connectivity index (χ0v) is 16.0. The number of nitrogens with zero attached hydrogens (tertiary/aromatic N) is 2. The van der Waals surface area contributed by atoms with Gasteiger partial charge in [0.25, 0.3) is 11.6 Å². The van der Waals surface area contributed by atoms with Crippen LogP contribution in [0.25, 0.3) is 6.08 Å². The second-order valence-electron chi connectivity index (χ2n) is 5.41. The Morgan fingerprint density at radius 1 is 1.19 bits per heavy atom. The van der Waals surface area contributed by atoms with Gasteiger partial charge in [-0.15, -0.1) is 0 Å². The van der Waals surface area contributed by atoms with E-state index in [0.29, 0.717) is 32.0 Å². The van der Waals surface area contributed by atoms with Crippen LogP contribution in [0, 0.1) is 10.1 Å². The summed E-state index contributed by atoms with van der Waals surface area (Å²) in [6, 6.07) is 11.1. The molecule has 0 saturated carbocycles. The zero-order valence-electron chi connectivity index (χ0n) is 14.4. The minimum absolute atomic E-state index is 0.0453. The van der Waals surface area contributed by atoms with E-state index in [2.05, 4.69) is 0 Å². The van der Waals surface area contributed by atoms with Crippen molar-refractivity contribution in [1.82, 2.24) is 0 Å². The van der Waals surface area contributed by atoms with Crippen molar-refractivity contribution in [3.8, 4) is 11.5 Å². The van der Waals surface area contributed by atoms with Crippen LogP contribution < -0.4 is 14.4 Å². The van der Waals surface area contributed by atoms with E-state index in [9.17, 15) is 14.9 Å². The number of hydrogen-bond donors (Lipinski definition) is 0. The fourth-order valence-corrected chi connectivity index (χ4v) is 3.81. The summed E-state index contributed by atoms with van der Waals surface area (Å²) in [5, 5.41) is 10.9. The van der Waals surface area contributed by atoms with Gasteiger partial charge in [0, 0.05) is 18.2 Å². The van der Waals surface area contributed by atoms with Crippen molar-refractivity contribution in [1.29, 1.82) is 0 Å². The number of amides is 1. The molecule has 1 saturated heterocycles. The monoisotopic (exact) mass is 402 g/mol. The molecule has 0 spiro atoms. The molecule has 0 N–H and O–H groups in total. The quantitative estimate of drug-likeness (QED) is 0.323. The maximum Gasteiger partial charge on any atom is 0.270 e. The third-order valence-corrected chi connectivity index (χ3v) is 5.10. The first kappa shape index (κ1) is 18.9. The van der Waals surface area contributed by atoms with Crippen molar-refractivity contribution in [2.45, 2.75) is 0 Å².